The van der Waals surface area contributed by atoms with Gasteiger partial charge in [-0.1, -0.05) is 23.7 Å². The van der Waals surface area contributed by atoms with E-state index >= 15 is 0 Å². The van der Waals surface area contributed by atoms with Crippen LogP contribution in [0, 0.1) is 11.3 Å². The molecule has 0 saturated heterocycles. The van der Waals surface area contributed by atoms with Crippen molar-refractivity contribution in [2.45, 2.75) is 0 Å². The van der Waals surface area contributed by atoms with Crippen LogP contribution in [0.4, 0.5) is 0 Å². The zero-order valence-corrected chi connectivity index (χ0v) is 10.9. The van der Waals surface area contributed by atoms with Crippen molar-refractivity contribution in [3.63, 3.8) is 0 Å². The highest BCUT2D eigenvalue weighted by Crippen LogP contribution is 2.26. The smallest absolute Gasteiger partial charge is 0.192 e. The Kier molecular flexibility index (Phi) is 2.95. The first-order valence-corrected chi connectivity index (χ1v) is 6.34. The molecule has 2 heterocycles. The van der Waals surface area contributed by atoms with Gasteiger partial charge in [-0.25, -0.2) is 4.98 Å². The number of aromatic amines is 1. The van der Waals surface area contributed by atoms with Gasteiger partial charge < -0.3 is 0 Å². The molecule has 0 bridgehead atoms. The molecule has 0 radical (unpaired) electrons. The van der Waals surface area contributed by atoms with Gasteiger partial charge >= 0.3 is 0 Å². The molecule has 1 aromatic carbocycles. The summed E-state index contributed by atoms with van der Waals surface area (Å²) in [7, 11) is 0. The van der Waals surface area contributed by atoms with Crippen molar-refractivity contribution in [1.29, 1.82) is 5.26 Å². The van der Waals surface area contributed by atoms with Gasteiger partial charge in [-0.15, -0.1) is 5.10 Å². The third-order valence-corrected chi connectivity index (χ3v) is 3.32. The quantitative estimate of drug-likeness (QED) is 0.782. The Morgan fingerprint density at radius 3 is 3.00 bits per heavy atom. The molecule has 0 fully saturated rings. The van der Waals surface area contributed by atoms with Gasteiger partial charge in [-0.3, -0.25) is 0 Å². The van der Waals surface area contributed by atoms with Crippen LogP contribution in [0.2, 0.25) is 5.02 Å². The minimum atomic E-state index is 0.203. The molecule has 0 aliphatic rings. The average molecular weight is 289 g/mol. The number of H-pyrrole nitrogens is 1. The van der Waals surface area contributed by atoms with Crippen LogP contribution in [0.15, 0.2) is 24.3 Å². The molecule has 0 unspecified atom stereocenters. The van der Waals surface area contributed by atoms with Crippen LogP contribution in [0.3, 0.4) is 0 Å². The second kappa shape index (κ2) is 4.76. The summed E-state index contributed by atoms with van der Waals surface area (Å²) in [6, 6.07) is 9.20. The van der Waals surface area contributed by atoms with E-state index in [0.717, 1.165) is 17.1 Å². The molecular formula is C11H5ClN6S. The van der Waals surface area contributed by atoms with Crippen molar-refractivity contribution in [2.24, 2.45) is 0 Å². The Balaban J connectivity index is 2.03. The molecular weight excluding hydrogens is 284 g/mol. The van der Waals surface area contributed by atoms with Crippen LogP contribution in [-0.2, 0) is 0 Å². The Labute approximate surface area is 116 Å². The maximum atomic E-state index is 8.90. The van der Waals surface area contributed by atoms with Crippen LogP contribution >= 0.6 is 23.1 Å². The van der Waals surface area contributed by atoms with Crippen molar-refractivity contribution in [1.82, 2.24) is 24.8 Å². The lowest BCUT2D eigenvalue weighted by molar-refractivity contribution is 0.937. The number of aromatic nitrogens is 5. The molecule has 3 aromatic rings. The first-order chi connectivity index (χ1) is 9.28. The number of rotatable bonds is 2. The second-order valence-electron chi connectivity index (χ2n) is 3.57. The van der Waals surface area contributed by atoms with E-state index in [9.17, 15) is 0 Å². The average Bonchev–Trinajstić information content (AvgIpc) is 3.07. The molecule has 2 aromatic heterocycles. The van der Waals surface area contributed by atoms with Crippen LogP contribution in [-0.4, -0.2) is 24.8 Å². The molecule has 0 aliphatic heterocycles. The van der Waals surface area contributed by atoms with Crippen LogP contribution in [0.25, 0.3) is 22.1 Å². The maximum absolute atomic E-state index is 8.90. The van der Waals surface area contributed by atoms with E-state index in [4.69, 9.17) is 16.9 Å². The van der Waals surface area contributed by atoms with Crippen molar-refractivity contribution in [3.8, 4) is 28.2 Å². The third-order valence-electron chi connectivity index (χ3n) is 2.37. The standard InChI is InChI=1S/C11H5ClN6S/c12-7-3-1-2-6(4-7)10-14-11(19-17-10)9-8(5-13)15-18-16-9/h1-4H,(H,15,16,18). The van der Waals surface area contributed by atoms with Gasteiger partial charge in [0.2, 0.25) is 0 Å². The topological polar surface area (TPSA) is 91.1 Å². The van der Waals surface area contributed by atoms with E-state index in [-0.39, 0.29) is 5.69 Å². The highest BCUT2D eigenvalue weighted by atomic mass is 35.5. The SMILES string of the molecule is N#Cc1n[nH]nc1-c1nc(-c2cccc(Cl)c2)ns1. The molecule has 8 heteroatoms. The van der Waals surface area contributed by atoms with Crippen LogP contribution in [0.1, 0.15) is 5.69 Å². The lowest BCUT2D eigenvalue weighted by Crippen LogP contribution is -1.83. The van der Waals surface area contributed by atoms with Crippen molar-refractivity contribution in [3.05, 3.63) is 35.0 Å². The van der Waals surface area contributed by atoms with E-state index < -0.39 is 0 Å². The van der Waals surface area contributed by atoms with Crippen molar-refractivity contribution >= 4 is 23.1 Å². The number of nitriles is 1. The highest BCUT2D eigenvalue weighted by Gasteiger charge is 2.15. The second-order valence-corrected chi connectivity index (χ2v) is 4.75. The van der Waals surface area contributed by atoms with E-state index in [2.05, 4.69) is 24.8 Å². The predicted molar refractivity (Wildman–Crippen MR) is 70.4 cm³/mol. The van der Waals surface area contributed by atoms with Gasteiger partial charge in [-0.05, 0) is 23.7 Å². The number of benzene rings is 1. The molecule has 0 atom stereocenters. The first-order valence-electron chi connectivity index (χ1n) is 5.19. The summed E-state index contributed by atoms with van der Waals surface area (Å²) in [4.78, 5) is 4.35. The summed E-state index contributed by atoms with van der Waals surface area (Å²) in [5.41, 5.74) is 1.43. The van der Waals surface area contributed by atoms with E-state index in [0.29, 0.717) is 21.5 Å². The minimum Gasteiger partial charge on any atom is -0.213 e. The summed E-state index contributed by atoms with van der Waals surface area (Å²) >= 11 is 7.09. The van der Waals surface area contributed by atoms with Gasteiger partial charge in [0.05, 0.1) is 0 Å². The molecule has 0 spiro atoms. The highest BCUT2D eigenvalue weighted by molar-refractivity contribution is 7.09. The largest absolute Gasteiger partial charge is 0.213 e. The number of hydrogen-bond acceptors (Lipinski definition) is 6. The number of nitrogens with zero attached hydrogens (tertiary/aromatic N) is 5. The Morgan fingerprint density at radius 2 is 2.21 bits per heavy atom. The van der Waals surface area contributed by atoms with Crippen molar-refractivity contribution < 1.29 is 0 Å². The minimum absolute atomic E-state index is 0.203. The normalized spacial score (nSPS) is 10.3. The summed E-state index contributed by atoms with van der Waals surface area (Å²) in [6.45, 7) is 0. The van der Waals surface area contributed by atoms with Gasteiger partial charge in [0.1, 0.15) is 6.07 Å². The zero-order chi connectivity index (χ0) is 13.2. The lowest BCUT2D eigenvalue weighted by atomic mass is 10.2. The molecule has 1 N–H and O–H groups in total. The number of nitrogens with one attached hydrogen (secondary N) is 1. The molecule has 0 amide bonds. The van der Waals surface area contributed by atoms with E-state index in [1.807, 2.05) is 18.2 Å². The van der Waals surface area contributed by atoms with E-state index in [1.165, 1.54) is 0 Å². The Hall–Kier alpha value is -2.30. The molecule has 92 valence electrons. The fourth-order valence-corrected chi connectivity index (χ4v) is 2.39. The fourth-order valence-electron chi connectivity index (χ4n) is 1.52. The lowest BCUT2D eigenvalue weighted by Gasteiger charge is -1.94. The molecule has 0 aliphatic carbocycles. The molecule has 19 heavy (non-hydrogen) atoms. The van der Waals surface area contributed by atoms with Crippen molar-refractivity contribution in [2.75, 3.05) is 0 Å². The monoisotopic (exact) mass is 288 g/mol. The van der Waals surface area contributed by atoms with Crippen LogP contribution in [0.5, 0.6) is 0 Å². The molecule has 0 saturated carbocycles. The summed E-state index contributed by atoms with van der Waals surface area (Å²) < 4.78 is 4.24. The van der Waals surface area contributed by atoms with E-state index in [1.54, 1.807) is 12.1 Å². The predicted octanol–water partition coefficient (Wildman–Crippen LogP) is 2.52. The van der Waals surface area contributed by atoms with Gasteiger partial charge in [0.25, 0.3) is 0 Å². The summed E-state index contributed by atoms with van der Waals surface area (Å²) in [5.74, 6) is 0.550. The summed E-state index contributed by atoms with van der Waals surface area (Å²) in [6.07, 6.45) is 0. The molecule has 6 nitrogen and oxygen atoms in total. The number of hydrogen-bond donors (Lipinski definition) is 1. The fraction of sp³-hybridized carbons (Fsp3) is 0. The first kappa shape index (κ1) is 11.8. The van der Waals surface area contributed by atoms with Gasteiger partial charge in [0.15, 0.2) is 22.2 Å². The summed E-state index contributed by atoms with van der Waals surface area (Å²) in [5, 5.41) is 20.1. The van der Waals surface area contributed by atoms with Gasteiger partial charge in [-0.2, -0.15) is 19.9 Å². The van der Waals surface area contributed by atoms with Crippen LogP contribution < -0.4 is 0 Å². The van der Waals surface area contributed by atoms with Gasteiger partial charge in [0, 0.05) is 10.6 Å². The Bertz CT molecular complexity index is 771. The third kappa shape index (κ3) is 2.19. The number of halogens is 1. The molecule has 3 rings (SSSR count). The Morgan fingerprint density at radius 1 is 1.32 bits per heavy atom. The maximum Gasteiger partial charge on any atom is 0.192 e. The zero-order valence-electron chi connectivity index (χ0n) is 9.33.